The first-order valence-corrected chi connectivity index (χ1v) is 7.90. The average Bonchev–Trinajstić information content (AvgIpc) is 2.51. The van der Waals surface area contributed by atoms with Crippen LogP contribution >= 0.6 is 0 Å². The van der Waals surface area contributed by atoms with E-state index in [1.165, 1.54) is 11.1 Å². The maximum absolute atomic E-state index is 5.72. The second kappa shape index (κ2) is 8.64. The predicted octanol–water partition coefficient (Wildman–Crippen LogP) is 4.67. The molecule has 1 heterocycles. The van der Waals surface area contributed by atoms with Gasteiger partial charge in [-0.3, -0.25) is 0 Å². The number of ether oxygens (including phenoxy) is 3. The fourth-order valence-corrected chi connectivity index (χ4v) is 2.25. The van der Waals surface area contributed by atoms with Gasteiger partial charge in [-0.05, 0) is 51.3 Å². The SMILES string of the molecule is CC(C)=CCC/C(C)=C/COCc1ccc2c(c1)OCCO2. The van der Waals surface area contributed by atoms with Gasteiger partial charge < -0.3 is 14.2 Å². The molecule has 0 N–H and O–H groups in total. The molecule has 0 unspecified atom stereocenters. The van der Waals surface area contributed by atoms with Gasteiger partial charge in [0.05, 0.1) is 13.2 Å². The lowest BCUT2D eigenvalue weighted by molar-refractivity contribution is 0.146. The van der Waals surface area contributed by atoms with E-state index in [-0.39, 0.29) is 0 Å². The highest BCUT2D eigenvalue weighted by atomic mass is 16.6. The molecule has 3 heteroatoms. The van der Waals surface area contributed by atoms with E-state index in [4.69, 9.17) is 14.2 Å². The third-order valence-corrected chi connectivity index (χ3v) is 3.52. The highest BCUT2D eigenvalue weighted by Gasteiger charge is 2.11. The van der Waals surface area contributed by atoms with E-state index in [0.29, 0.717) is 26.4 Å². The Labute approximate surface area is 133 Å². The maximum Gasteiger partial charge on any atom is 0.161 e. The van der Waals surface area contributed by atoms with Crippen LogP contribution in [0.2, 0.25) is 0 Å². The van der Waals surface area contributed by atoms with Gasteiger partial charge in [0.15, 0.2) is 11.5 Å². The number of rotatable bonds is 7. The minimum absolute atomic E-state index is 0.592. The summed E-state index contributed by atoms with van der Waals surface area (Å²) in [7, 11) is 0. The fourth-order valence-electron chi connectivity index (χ4n) is 2.25. The molecule has 1 aromatic carbocycles. The second-order valence-corrected chi connectivity index (χ2v) is 5.86. The van der Waals surface area contributed by atoms with Gasteiger partial charge in [0.2, 0.25) is 0 Å². The third-order valence-electron chi connectivity index (χ3n) is 3.52. The van der Waals surface area contributed by atoms with Gasteiger partial charge in [-0.25, -0.2) is 0 Å². The lowest BCUT2D eigenvalue weighted by atomic mass is 10.1. The van der Waals surface area contributed by atoms with E-state index >= 15 is 0 Å². The topological polar surface area (TPSA) is 27.7 Å². The number of fused-ring (bicyclic) bond motifs is 1. The summed E-state index contributed by atoms with van der Waals surface area (Å²) in [4.78, 5) is 0. The van der Waals surface area contributed by atoms with Gasteiger partial charge in [-0.1, -0.05) is 29.4 Å². The molecule has 120 valence electrons. The first-order valence-electron chi connectivity index (χ1n) is 7.90. The lowest BCUT2D eigenvalue weighted by Gasteiger charge is -2.18. The molecular weight excluding hydrogens is 276 g/mol. The van der Waals surface area contributed by atoms with E-state index in [1.807, 2.05) is 18.2 Å². The summed E-state index contributed by atoms with van der Waals surface area (Å²) in [6, 6.07) is 5.98. The highest BCUT2D eigenvalue weighted by molar-refractivity contribution is 5.43. The van der Waals surface area contributed by atoms with Crippen molar-refractivity contribution in [3.8, 4) is 11.5 Å². The van der Waals surface area contributed by atoms with Crippen LogP contribution in [0, 0.1) is 0 Å². The van der Waals surface area contributed by atoms with E-state index in [0.717, 1.165) is 29.9 Å². The van der Waals surface area contributed by atoms with Crippen molar-refractivity contribution in [3.63, 3.8) is 0 Å². The van der Waals surface area contributed by atoms with E-state index in [2.05, 4.69) is 32.9 Å². The van der Waals surface area contributed by atoms with E-state index < -0.39 is 0 Å². The third kappa shape index (κ3) is 5.57. The Morgan fingerprint density at radius 1 is 1.09 bits per heavy atom. The molecule has 1 aliphatic rings. The molecule has 1 aromatic rings. The molecule has 2 rings (SSSR count). The van der Waals surface area contributed by atoms with Gasteiger partial charge >= 0.3 is 0 Å². The van der Waals surface area contributed by atoms with Crippen molar-refractivity contribution >= 4 is 0 Å². The van der Waals surface area contributed by atoms with Crippen LogP contribution < -0.4 is 9.47 Å². The molecule has 3 nitrogen and oxygen atoms in total. The summed E-state index contributed by atoms with van der Waals surface area (Å²) in [6.45, 7) is 8.91. The van der Waals surface area contributed by atoms with Crippen molar-refractivity contribution in [2.24, 2.45) is 0 Å². The van der Waals surface area contributed by atoms with Gasteiger partial charge in [0, 0.05) is 0 Å². The van der Waals surface area contributed by atoms with Gasteiger partial charge in [-0.2, -0.15) is 0 Å². The zero-order chi connectivity index (χ0) is 15.8. The Kier molecular flexibility index (Phi) is 6.53. The second-order valence-electron chi connectivity index (χ2n) is 5.86. The smallest absolute Gasteiger partial charge is 0.161 e. The fraction of sp³-hybridized carbons (Fsp3) is 0.474. The number of allylic oxidation sites excluding steroid dienone is 3. The quantitative estimate of drug-likeness (QED) is 0.541. The predicted molar refractivity (Wildman–Crippen MR) is 89.5 cm³/mol. The summed E-state index contributed by atoms with van der Waals surface area (Å²) in [5.41, 5.74) is 3.86. The van der Waals surface area contributed by atoms with Gasteiger partial charge in [0.25, 0.3) is 0 Å². The monoisotopic (exact) mass is 302 g/mol. The zero-order valence-electron chi connectivity index (χ0n) is 13.9. The van der Waals surface area contributed by atoms with E-state index in [1.54, 1.807) is 0 Å². The molecule has 0 fully saturated rings. The summed E-state index contributed by atoms with van der Waals surface area (Å²) >= 11 is 0. The summed E-state index contributed by atoms with van der Waals surface area (Å²) < 4.78 is 16.8. The first-order chi connectivity index (χ1) is 10.6. The Morgan fingerprint density at radius 2 is 1.86 bits per heavy atom. The Morgan fingerprint density at radius 3 is 2.64 bits per heavy atom. The Balaban J connectivity index is 1.73. The number of hydrogen-bond acceptors (Lipinski definition) is 3. The van der Waals surface area contributed by atoms with Crippen LogP contribution in [0.1, 0.15) is 39.2 Å². The largest absolute Gasteiger partial charge is 0.486 e. The van der Waals surface area contributed by atoms with Crippen molar-refractivity contribution < 1.29 is 14.2 Å². The highest BCUT2D eigenvalue weighted by Crippen LogP contribution is 2.30. The van der Waals surface area contributed by atoms with E-state index in [9.17, 15) is 0 Å². The van der Waals surface area contributed by atoms with Crippen molar-refractivity contribution in [2.45, 2.75) is 40.2 Å². The molecule has 0 bridgehead atoms. The normalized spacial score (nSPS) is 13.9. The van der Waals surface area contributed by atoms with Crippen LogP contribution in [0.4, 0.5) is 0 Å². The molecule has 0 radical (unpaired) electrons. The Bertz CT molecular complexity index is 540. The van der Waals surface area contributed by atoms with Crippen LogP contribution in [-0.2, 0) is 11.3 Å². The van der Waals surface area contributed by atoms with Crippen LogP contribution in [-0.4, -0.2) is 19.8 Å². The molecule has 0 aromatic heterocycles. The summed E-state index contributed by atoms with van der Waals surface area (Å²) in [5.74, 6) is 1.64. The van der Waals surface area contributed by atoms with Gasteiger partial charge in [-0.15, -0.1) is 0 Å². The number of hydrogen-bond donors (Lipinski definition) is 0. The molecule has 0 amide bonds. The van der Waals surface area contributed by atoms with Crippen molar-refractivity contribution in [1.29, 1.82) is 0 Å². The maximum atomic E-state index is 5.72. The molecular formula is C19H26O3. The average molecular weight is 302 g/mol. The van der Waals surface area contributed by atoms with Crippen LogP contribution in [0.3, 0.4) is 0 Å². The molecule has 0 saturated heterocycles. The van der Waals surface area contributed by atoms with Crippen molar-refractivity contribution in [1.82, 2.24) is 0 Å². The standard InChI is InChI=1S/C19H26O3/c1-15(2)5-4-6-16(3)9-10-20-14-17-7-8-18-19(13-17)22-12-11-21-18/h5,7-9,13H,4,6,10-12,14H2,1-3H3/b16-9+. The minimum Gasteiger partial charge on any atom is -0.486 e. The number of benzene rings is 1. The van der Waals surface area contributed by atoms with Crippen molar-refractivity contribution in [2.75, 3.05) is 19.8 Å². The molecule has 1 aliphatic heterocycles. The zero-order valence-corrected chi connectivity index (χ0v) is 13.9. The molecule has 0 atom stereocenters. The lowest BCUT2D eigenvalue weighted by Crippen LogP contribution is -2.15. The molecule has 0 saturated carbocycles. The van der Waals surface area contributed by atoms with Crippen LogP contribution in [0.5, 0.6) is 11.5 Å². The summed E-state index contributed by atoms with van der Waals surface area (Å²) in [6.07, 6.45) is 6.63. The Hall–Kier alpha value is -1.74. The molecule has 22 heavy (non-hydrogen) atoms. The first kappa shape index (κ1) is 16.6. The van der Waals surface area contributed by atoms with Crippen LogP contribution in [0.25, 0.3) is 0 Å². The van der Waals surface area contributed by atoms with Gasteiger partial charge in [0.1, 0.15) is 13.2 Å². The van der Waals surface area contributed by atoms with Crippen LogP contribution in [0.15, 0.2) is 41.5 Å². The minimum atomic E-state index is 0.592. The summed E-state index contributed by atoms with van der Waals surface area (Å²) in [5, 5.41) is 0. The molecule has 0 spiro atoms. The van der Waals surface area contributed by atoms with Crippen molar-refractivity contribution in [3.05, 3.63) is 47.1 Å². The molecule has 0 aliphatic carbocycles.